The Hall–Kier alpha value is -6.14. The normalized spacial score (nSPS) is 16.4. The third-order valence-corrected chi connectivity index (χ3v) is 19.1. The highest BCUT2D eigenvalue weighted by molar-refractivity contribution is 7.27. The van der Waals surface area contributed by atoms with Crippen LogP contribution in [0.3, 0.4) is 0 Å². The van der Waals surface area contributed by atoms with Gasteiger partial charge in [0.2, 0.25) is 0 Å². The minimum atomic E-state index is -0.152. The van der Waals surface area contributed by atoms with E-state index in [-0.39, 0.29) is 21.7 Å². The molecule has 0 saturated carbocycles. The Morgan fingerprint density at radius 2 is 1.24 bits per heavy atom. The number of nitrogens with zero attached hydrogens (tertiary/aromatic N) is 1. The molecule has 3 aliphatic rings. The molecule has 14 rings (SSSR count). The van der Waals surface area contributed by atoms with Gasteiger partial charge in [0.05, 0.1) is 11.0 Å². The second-order valence-electron chi connectivity index (χ2n) is 23.2. The van der Waals surface area contributed by atoms with Crippen LogP contribution < -0.4 is 16.2 Å². The van der Waals surface area contributed by atoms with Crippen molar-refractivity contribution in [3.8, 4) is 27.9 Å². The number of rotatable bonds is 3. The molecular weight excluding hydrogens is 860 g/mol. The van der Waals surface area contributed by atoms with E-state index in [1.807, 2.05) is 22.7 Å². The maximum Gasteiger partial charge on any atom is 0.198 e. The fourth-order valence-corrected chi connectivity index (χ4v) is 15.3. The summed E-state index contributed by atoms with van der Waals surface area (Å²) >= 11 is 3.92. The predicted octanol–water partition coefficient (Wildman–Crippen LogP) is 16.6. The van der Waals surface area contributed by atoms with Gasteiger partial charge in [0.25, 0.3) is 0 Å². The molecule has 1 N–H and O–H groups in total. The highest BCUT2D eigenvalue weighted by Gasteiger charge is 2.41. The predicted molar refractivity (Wildman–Crippen MR) is 300 cm³/mol. The first-order valence-electron chi connectivity index (χ1n) is 24.7. The minimum absolute atomic E-state index is 0.0666. The summed E-state index contributed by atoms with van der Waals surface area (Å²) in [5, 5.41) is 12.4. The SMILES string of the molecule is CC(C)(C)c1ccc(Nc2cc3c(cc2-c2c4c5c(c6cc7c(cc6n5-c5cc6sc8ccccc8c6cc5B4)C(C)(C)CCC7(C)C)c4sc5ccccc5c24)-c2ccccc2C3(C)C)cc1. The number of anilines is 2. The van der Waals surface area contributed by atoms with Crippen LogP contribution in [0.1, 0.15) is 103 Å². The molecule has 3 aromatic heterocycles. The van der Waals surface area contributed by atoms with E-state index >= 15 is 0 Å². The molecule has 0 saturated heterocycles. The maximum atomic E-state index is 4.12. The van der Waals surface area contributed by atoms with Gasteiger partial charge in [-0.2, -0.15) is 0 Å². The van der Waals surface area contributed by atoms with Gasteiger partial charge in [-0.25, -0.2) is 0 Å². The second-order valence-corrected chi connectivity index (χ2v) is 25.4. The second kappa shape index (κ2) is 13.6. The van der Waals surface area contributed by atoms with Crippen LogP contribution in [-0.2, 0) is 21.7 Å². The van der Waals surface area contributed by atoms with Crippen molar-refractivity contribution in [2.75, 3.05) is 5.32 Å². The lowest BCUT2D eigenvalue weighted by molar-refractivity contribution is 0.332. The molecule has 1 aliphatic heterocycles. The zero-order valence-corrected chi connectivity index (χ0v) is 42.2. The number of benzene rings is 8. The summed E-state index contributed by atoms with van der Waals surface area (Å²) in [6.07, 6.45) is 2.37. The summed E-state index contributed by atoms with van der Waals surface area (Å²) in [5.74, 6) is 0. The van der Waals surface area contributed by atoms with Gasteiger partial charge in [0.15, 0.2) is 7.28 Å². The average molecular weight is 915 g/mol. The van der Waals surface area contributed by atoms with Crippen LogP contribution in [0.15, 0.2) is 133 Å². The molecule has 2 nitrogen and oxygen atoms in total. The Morgan fingerprint density at radius 1 is 0.559 bits per heavy atom. The lowest BCUT2D eigenvalue weighted by atomic mass is 9.58. The molecular formula is C63H55BN2S2. The van der Waals surface area contributed by atoms with E-state index in [0.717, 1.165) is 18.7 Å². The fraction of sp³-hybridized carbons (Fsp3) is 0.238. The topological polar surface area (TPSA) is 17.0 Å². The molecule has 0 fully saturated rings. The Bertz CT molecular complexity index is 4030. The lowest BCUT2D eigenvalue weighted by Gasteiger charge is -2.42. The number of nitrogens with one attached hydrogen (secondary N) is 1. The number of hydrogen-bond donors (Lipinski definition) is 1. The molecule has 332 valence electrons. The summed E-state index contributed by atoms with van der Waals surface area (Å²) in [7, 11) is 0.841. The van der Waals surface area contributed by atoms with Gasteiger partial charge in [-0.1, -0.05) is 147 Å². The molecule has 0 bridgehead atoms. The first-order chi connectivity index (χ1) is 32.6. The Labute approximate surface area is 407 Å². The van der Waals surface area contributed by atoms with Crippen LogP contribution in [0.25, 0.3) is 90.1 Å². The van der Waals surface area contributed by atoms with Crippen molar-refractivity contribution in [1.82, 2.24) is 4.57 Å². The van der Waals surface area contributed by atoms with Gasteiger partial charge in [0, 0.05) is 73.8 Å². The molecule has 8 aromatic carbocycles. The standard InChI is InChI=1S/C63H55BN2S2/c1-60(2,3)34-22-24-35(25-23-34)65-48-31-44-39(36-16-10-13-19-43(36)63(44,8)9)28-41(48)54-55-38-18-12-15-21-52(38)68-59(55)56-42-29-45-46(62(6,7)27-26-61(45,4)5)32-49(42)66-50-33-53-40(30-47(50)64-57(54)58(56)66)37-17-11-14-20-51(37)67-53/h10-25,28-33,64-65H,26-27H2,1-9H3. The maximum absolute atomic E-state index is 4.12. The minimum Gasteiger partial charge on any atom is -0.355 e. The molecule has 2 aliphatic carbocycles. The Kier molecular flexibility index (Phi) is 8.15. The zero-order valence-electron chi connectivity index (χ0n) is 40.6. The van der Waals surface area contributed by atoms with Gasteiger partial charge in [-0.05, 0) is 139 Å². The molecule has 11 aromatic rings. The van der Waals surface area contributed by atoms with Crippen LogP contribution in [0.5, 0.6) is 0 Å². The van der Waals surface area contributed by atoms with Crippen LogP contribution in [0, 0.1) is 0 Å². The van der Waals surface area contributed by atoms with Crippen molar-refractivity contribution in [2.24, 2.45) is 0 Å². The van der Waals surface area contributed by atoms with Crippen LogP contribution in [0.4, 0.5) is 11.4 Å². The third-order valence-electron chi connectivity index (χ3n) is 16.8. The van der Waals surface area contributed by atoms with Crippen molar-refractivity contribution in [3.63, 3.8) is 0 Å². The van der Waals surface area contributed by atoms with E-state index < -0.39 is 0 Å². The molecule has 0 unspecified atom stereocenters. The smallest absolute Gasteiger partial charge is 0.198 e. The Morgan fingerprint density at radius 3 is 1.99 bits per heavy atom. The highest BCUT2D eigenvalue weighted by atomic mass is 32.1. The molecule has 0 atom stereocenters. The molecule has 0 radical (unpaired) electrons. The largest absolute Gasteiger partial charge is 0.355 e. The van der Waals surface area contributed by atoms with E-state index in [4.69, 9.17) is 0 Å². The van der Waals surface area contributed by atoms with E-state index in [1.165, 1.54) is 142 Å². The zero-order chi connectivity index (χ0) is 46.4. The molecule has 68 heavy (non-hydrogen) atoms. The summed E-state index contributed by atoms with van der Waals surface area (Å²) in [5.41, 5.74) is 21.6. The lowest BCUT2D eigenvalue weighted by Crippen LogP contribution is -2.37. The summed E-state index contributed by atoms with van der Waals surface area (Å²) in [6, 6.07) is 52.1. The summed E-state index contributed by atoms with van der Waals surface area (Å²) in [4.78, 5) is 0. The van der Waals surface area contributed by atoms with E-state index in [0.29, 0.717) is 0 Å². The quantitative estimate of drug-likeness (QED) is 0.175. The first-order valence-corrected chi connectivity index (χ1v) is 26.3. The first kappa shape index (κ1) is 40.9. The van der Waals surface area contributed by atoms with Crippen molar-refractivity contribution in [2.45, 2.75) is 96.8 Å². The third kappa shape index (κ3) is 5.52. The molecule has 4 heterocycles. The van der Waals surface area contributed by atoms with Gasteiger partial charge >= 0.3 is 0 Å². The number of thiophene rings is 2. The van der Waals surface area contributed by atoms with Crippen LogP contribution in [-0.4, -0.2) is 11.8 Å². The van der Waals surface area contributed by atoms with E-state index in [9.17, 15) is 0 Å². The Balaban J connectivity index is 1.17. The number of fused-ring (bicyclic) bond motifs is 16. The van der Waals surface area contributed by atoms with Gasteiger partial charge in [-0.15, -0.1) is 22.7 Å². The van der Waals surface area contributed by atoms with Crippen molar-refractivity contribution >= 4 is 114 Å². The van der Waals surface area contributed by atoms with Gasteiger partial charge in [0.1, 0.15) is 0 Å². The summed E-state index contributed by atoms with van der Waals surface area (Å²) in [6.45, 7) is 21.6. The number of hydrogen-bond acceptors (Lipinski definition) is 3. The van der Waals surface area contributed by atoms with E-state index in [2.05, 4.69) is 206 Å². The molecule has 0 amide bonds. The average Bonchev–Trinajstić information content (AvgIpc) is 4.04. The molecule has 5 heteroatoms. The highest BCUT2D eigenvalue weighted by Crippen LogP contribution is 2.56. The van der Waals surface area contributed by atoms with E-state index in [1.54, 1.807) is 0 Å². The number of aromatic nitrogens is 1. The summed E-state index contributed by atoms with van der Waals surface area (Å²) < 4.78 is 8.17. The van der Waals surface area contributed by atoms with Crippen LogP contribution in [0.2, 0.25) is 0 Å². The molecule has 0 spiro atoms. The van der Waals surface area contributed by atoms with Crippen molar-refractivity contribution in [3.05, 3.63) is 161 Å². The van der Waals surface area contributed by atoms with Gasteiger partial charge < -0.3 is 9.88 Å². The van der Waals surface area contributed by atoms with Gasteiger partial charge in [-0.3, -0.25) is 0 Å². The van der Waals surface area contributed by atoms with Crippen LogP contribution >= 0.6 is 22.7 Å². The van der Waals surface area contributed by atoms with Crippen molar-refractivity contribution in [1.29, 1.82) is 0 Å². The fourth-order valence-electron chi connectivity index (χ4n) is 12.9. The van der Waals surface area contributed by atoms with Crippen molar-refractivity contribution < 1.29 is 0 Å². The monoisotopic (exact) mass is 914 g/mol.